The highest BCUT2D eigenvalue weighted by Gasteiger charge is 2.19. The van der Waals surface area contributed by atoms with Crippen LogP contribution in [-0.2, 0) is 10.0 Å². The molecule has 0 unspecified atom stereocenters. The van der Waals surface area contributed by atoms with Gasteiger partial charge in [0.1, 0.15) is 17.7 Å². The van der Waals surface area contributed by atoms with Gasteiger partial charge in [0.15, 0.2) is 0 Å². The SMILES string of the molecule is N#Cc1cnc(Nc2ccc(S(N)(=O)=O)cc2)nc1OC1CCCC1. The molecule has 8 nitrogen and oxygen atoms in total. The minimum Gasteiger partial charge on any atom is -0.473 e. The summed E-state index contributed by atoms with van der Waals surface area (Å²) in [5, 5.41) is 17.2. The highest BCUT2D eigenvalue weighted by atomic mass is 32.2. The van der Waals surface area contributed by atoms with Crippen molar-refractivity contribution in [3.63, 3.8) is 0 Å². The second-order valence-electron chi connectivity index (χ2n) is 5.74. The summed E-state index contributed by atoms with van der Waals surface area (Å²) in [5.41, 5.74) is 0.867. The van der Waals surface area contributed by atoms with Crippen LogP contribution in [-0.4, -0.2) is 24.5 Å². The standard InChI is InChI=1S/C16H17N5O3S/c17-9-11-10-19-16(21-15(11)24-13-3-1-2-4-13)20-12-5-7-14(8-6-12)25(18,22)23/h5-8,10,13H,1-4H2,(H2,18,22,23)(H,19,20,21). The molecule has 3 N–H and O–H groups in total. The number of nitriles is 1. The van der Waals surface area contributed by atoms with Crippen molar-refractivity contribution in [3.05, 3.63) is 36.0 Å². The zero-order valence-electron chi connectivity index (χ0n) is 13.3. The van der Waals surface area contributed by atoms with Crippen LogP contribution in [0.4, 0.5) is 11.6 Å². The van der Waals surface area contributed by atoms with Crippen LogP contribution >= 0.6 is 0 Å². The summed E-state index contributed by atoms with van der Waals surface area (Å²) >= 11 is 0. The lowest BCUT2D eigenvalue weighted by atomic mass is 10.3. The monoisotopic (exact) mass is 359 g/mol. The molecule has 1 aliphatic rings. The third-order valence-corrected chi connectivity index (χ3v) is 4.82. The van der Waals surface area contributed by atoms with Crippen molar-refractivity contribution in [2.24, 2.45) is 5.14 Å². The average Bonchev–Trinajstić information content (AvgIpc) is 3.08. The Kier molecular flexibility index (Phi) is 4.83. The molecule has 0 radical (unpaired) electrons. The first-order chi connectivity index (χ1) is 12.0. The number of aromatic nitrogens is 2. The Bertz CT molecular complexity index is 900. The summed E-state index contributed by atoms with van der Waals surface area (Å²) in [6.07, 6.45) is 5.60. The Hall–Kier alpha value is -2.70. The number of hydrogen-bond donors (Lipinski definition) is 2. The molecule has 0 atom stereocenters. The minimum atomic E-state index is -3.74. The number of anilines is 2. The van der Waals surface area contributed by atoms with Gasteiger partial charge in [-0.3, -0.25) is 0 Å². The molecule has 9 heteroatoms. The molecular weight excluding hydrogens is 342 g/mol. The number of nitrogens with zero attached hydrogens (tertiary/aromatic N) is 3. The number of rotatable bonds is 5. The number of nitrogens with two attached hydrogens (primary N) is 1. The lowest BCUT2D eigenvalue weighted by molar-refractivity contribution is 0.201. The van der Waals surface area contributed by atoms with Gasteiger partial charge in [0.05, 0.1) is 11.1 Å². The number of nitrogens with one attached hydrogen (secondary N) is 1. The van der Waals surface area contributed by atoms with Crippen molar-refractivity contribution in [1.82, 2.24) is 9.97 Å². The maximum Gasteiger partial charge on any atom is 0.238 e. The van der Waals surface area contributed by atoms with E-state index in [1.165, 1.54) is 18.3 Å². The minimum absolute atomic E-state index is 0.0176. The quantitative estimate of drug-likeness (QED) is 0.835. The molecule has 0 amide bonds. The lowest BCUT2D eigenvalue weighted by Gasteiger charge is -2.14. The first-order valence-corrected chi connectivity index (χ1v) is 9.34. The third-order valence-electron chi connectivity index (χ3n) is 3.89. The molecule has 0 aliphatic heterocycles. The molecule has 1 aromatic heterocycles. The Morgan fingerprint density at radius 3 is 2.52 bits per heavy atom. The zero-order chi connectivity index (χ0) is 17.9. The van der Waals surface area contributed by atoms with E-state index in [0.29, 0.717) is 5.69 Å². The molecule has 3 rings (SSSR count). The van der Waals surface area contributed by atoms with Crippen molar-refractivity contribution >= 4 is 21.7 Å². The maximum absolute atomic E-state index is 11.3. The number of ether oxygens (including phenoxy) is 1. The summed E-state index contributed by atoms with van der Waals surface area (Å²) < 4.78 is 28.4. The van der Waals surface area contributed by atoms with E-state index in [-0.39, 0.29) is 28.4 Å². The number of sulfonamides is 1. The van der Waals surface area contributed by atoms with E-state index in [2.05, 4.69) is 15.3 Å². The van der Waals surface area contributed by atoms with Crippen LogP contribution in [0.25, 0.3) is 0 Å². The molecule has 1 fully saturated rings. The molecule has 1 aliphatic carbocycles. The predicted molar refractivity (Wildman–Crippen MR) is 90.7 cm³/mol. The van der Waals surface area contributed by atoms with Crippen molar-refractivity contribution in [2.75, 3.05) is 5.32 Å². The predicted octanol–water partition coefficient (Wildman–Crippen LogP) is 2.06. The van der Waals surface area contributed by atoms with Gasteiger partial charge >= 0.3 is 0 Å². The van der Waals surface area contributed by atoms with E-state index >= 15 is 0 Å². The zero-order valence-corrected chi connectivity index (χ0v) is 14.2. The molecule has 130 valence electrons. The van der Waals surface area contributed by atoms with Gasteiger partial charge in [-0.1, -0.05) is 0 Å². The van der Waals surface area contributed by atoms with Crippen molar-refractivity contribution in [2.45, 2.75) is 36.7 Å². The number of benzene rings is 1. The Morgan fingerprint density at radius 2 is 1.92 bits per heavy atom. The van der Waals surface area contributed by atoms with Crippen LogP contribution in [0.15, 0.2) is 35.4 Å². The van der Waals surface area contributed by atoms with E-state index in [1.54, 1.807) is 12.1 Å². The van der Waals surface area contributed by atoms with Gasteiger partial charge in [-0.25, -0.2) is 18.5 Å². The van der Waals surface area contributed by atoms with Crippen molar-refractivity contribution in [1.29, 1.82) is 5.26 Å². The summed E-state index contributed by atoms with van der Waals surface area (Å²) in [4.78, 5) is 8.36. The Labute approximate surface area is 145 Å². The van der Waals surface area contributed by atoms with Gasteiger partial charge in [-0.2, -0.15) is 10.2 Å². The van der Waals surface area contributed by atoms with Crippen LogP contribution in [0.1, 0.15) is 31.2 Å². The molecule has 25 heavy (non-hydrogen) atoms. The summed E-state index contributed by atoms with van der Waals surface area (Å²) in [5.74, 6) is 0.517. The summed E-state index contributed by atoms with van der Waals surface area (Å²) in [6, 6.07) is 7.91. The second-order valence-corrected chi connectivity index (χ2v) is 7.30. The van der Waals surface area contributed by atoms with E-state index < -0.39 is 10.0 Å². The highest BCUT2D eigenvalue weighted by Crippen LogP contribution is 2.26. The third kappa shape index (κ3) is 4.23. The largest absolute Gasteiger partial charge is 0.473 e. The van der Waals surface area contributed by atoms with Crippen LogP contribution in [0.5, 0.6) is 5.88 Å². The van der Waals surface area contributed by atoms with E-state index in [9.17, 15) is 13.7 Å². The fourth-order valence-corrected chi connectivity index (χ4v) is 3.13. The molecule has 1 heterocycles. The molecule has 0 saturated heterocycles. The molecule has 1 aromatic carbocycles. The smallest absolute Gasteiger partial charge is 0.238 e. The van der Waals surface area contributed by atoms with E-state index in [4.69, 9.17) is 9.88 Å². The molecule has 0 bridgehead atoms. The average molecular weight is 359 g/mol. The Balaban J connectivity index is 1.79. The first kappa shape index (κ1) is 17.1. The van der Waals surface area contributed by atoms with Crippen molar-refractivity contribution in [3.8, 4) is 11.9 Å². The summed E-state index contributed by atoms with van der Waals surface area (Å²) in [6.45, 7) is 0. The number of hydrogen-bond acceptors (Lipinski definition) is 7. The fourth-order valence-electron chi connectivity index (χ4n) is 2.61. The van der Waals surface area contributed by atoms with Gasteiger partial charge in [-0.05, 0) is 49.9 Å². The lowest BCUT2D eigenvalue weighted by Crippen LogP contribution is -2.14. The fraction of sp³-hybridized carbons (Fsp3) is 0.312. The van der Waals surface area contributed by atoms with Crippen molar-refractivity contribution < 1.29 is 13.2 Å². The van der Waals surface area contributed by atoms with Gasteiger partial charge in [0.25, 0.3) is 0 Å². The molecule has 2 aromatic rings. The second kappa shape index (κ2) is 7.04. The normalized spacial score (nSPS) is 14.9. The number of primary sulfonamides is 1. The van der Waals surface area contributed by atoms with Crippen LogP contribution in [0.3, 0.4) is 0 Å². The van der Waals surface area contributed by atoms with Gasteiger partial charge in [0.2, 0.25) is 21.9 Å². The first-order valence-electron chi connectivity index (χ1n) is 7.79. The molecule has 0 spiro atoms. The van der Waals surface area contributed by atoms with E-state index in [1.807, 2.05) is 6.07 Å². The highest BCUT2D eigenvalue weighted by molar-refractivity contribution is 7.89. The van der Waals surface area contributed by atoms with Crippen LogP contribution in [0, 0.1) is 11.3 Å². The molecule has 1 saturated carbocycles. The van der Waals surface area contributed by atoms with Crippen LogP contribution < -0.4 is 15.2 Å². The maximum atomic E-state index is 11.3. The summed E-state index contributed by atoms with van der Waals surface area (Å²) in [7, 11) is -3.74. The van der Waals surface area contributed by atoms with Crippen LogP contribution in [0.2, 0.25) is 0 Å². The van der Waals surface area contributed by atoms with Gasteiger partial charge in [-0.15, -0.1) is 0 Å². The Morgan fingerprint density at radius 1 is 1.24 bits per heavy atom. The molecular formula is C16H17N5O3S. The van der Waals surface area contributed by atoms with Gasteiger partial charge in [0, 0.05) is 5.69 Å². The van der Waals surface area contributed by atoms with Gasteiger partial charge < -0.3 is 10.1 Å². The van der Waals surface area contributed by atoms with E-state index in [0.717, 1.165) is 25.7 Å². The topological polar surface area (TPSA) is 131 Å².